The number of benzene rings is 10. The van der Waals surface area contributed by atoms with Crippen LogP contribution < -0.4 is 73.3 Å². The van der Waals surface area contributed by atoms with Crippen molar-refractivity contribution in [2.75, 3.05) is 78.0 Å². The Morgan fingerprint density at radius 2 is 0.454 bits per heavy atom. The van der Waals surface area contributed by atoms with Crippen molar-refractivity contribution in [2.24, 2.45) is 0 Å². The molecule has 28 nitrogen and oxygen atoms in total. The highest BCUT2D eigenvalue weighted by molar-refractivity contribution is 6.33. The highest BCUT2D eigenvalue weighted by atomic mass is 35.5. The third-order valence-electron chi connectivity index (χ3n) is 16.8. The second-order valence-corrected chi connectivity index (χ2v) is 27.1. The molecule has 6 aromatic heterocycles. The molecular formula is C90H85ClN26O2. The smallest absolute Gasteiger partial charge is 0.233 e. The SMILES string of the molecule is COc1cccc(Nc2nc(Nc3ccccc3)nc(Nc3cccc(OC)c3)n2)c1.Cc1cccc(Nc2nc(Nc3cccc(C)c3)nc(Nc3ccccc3Cl)n2)c1.Cc1cccc(Nc2nc(Nc3cccnc3)nc(Nc3cccc(C)c3)n2)c1.Cc1cccc(Nc2nc(Nc3ccncc3)nc(Nc3cccc(C)c3)n2)c1. The minimum Gasteiger partial charge on any atom is -0.497 e. The zero-order valence-corrected chi connectivity index (χ0v) is 67.0. The molecule has 16 aromatic rings. The van der Waals surface area contributed by atoms with Gasteiger partial charge < -0.3 is 73.3 Å². The fraction of sp³-hybridized carbons (Fsp3) is 0.0889. The van der Waals surface area contributed by atoms with E-state index in [1.807, 2.05) is 315 Å². The van der Waals surface area contributed by atoms with E-state index in [4.69, 9.17) is 21.1 Å². The monoisotopic (exact) mass is 1600 g/mol. The van der Waals surface area contributed by atoms with E-state index in [9.17, 15) is 0 Å². The van der Waals surface area contributed by atoms with Gasteiger partial charge in [-0.2, -0.15) is 59.8 Å². The predicted molar refractivity (Wildman–Crippen MR) is 478 cm³/mol. The maximum absolute atomic E-state index is 6.28. The Kier molecular flexibility index (Phi) is 27.7. The van der Waals surface area contributed by atoms with Crippen LogP contribution in [0.4, 0.5) is 140 Å². The number of nitrogens with zero attached hydrogens (tertiary/aromatic N) is 14. The Balaban J connectivity index is 0.000000137. The molecule has 119 heavy (non-hydrogen) atoms. The predicted octanol–water partition coefficient (Wildman–Crippen LogP) is 21.7. The molecule has 12 N–H and O–H groups in total. The van der Waals surface area contributed by atoms with Gasteiger partial charge in [0.2, 0.25) is 71.4 Å². The first-order valence-corrected chi connectivity index (χ1v) is 38.0. The summed E-state index contributed by atoms with van der Waals surface area (Å²) in [4.78, 5) is 62.3. The van der Waals surface area contributed by atoms with Gasteiger partial charge in [0.05, 0.1) is 36.8 Å². The number of methoxy groups -OCH3 is 2. The number of anilines is 24. The van der Waals surface area contributed by atoms with Crippen molar-refractivity contribution in [2.45, 2.75) is 41.5 Å². The van der Waals surface area contributed by atoms with Crippen molar-refractivity contribution in [3.05, 3.63) is 336 Å². The lowest BCUT2D eigenvalue weighted by Crippen LogP contribution is -2.07. The highest BCUT2D eigenvalue weighted by Gasteiger charge is 2.16. The number of rotatable bonds is 26. The molecular weight excluding hydrogens is 1510 g/mol. The lowest BCUT2D eigenvalue weighted by Gasteiger charge is -2.12. The van der Waals surface area contributed by atoms with E-state index < -0.39 is 0 Å². The van der Waals surface area contributed by atoms with Crippen molar-refractivity contribution in [1.29, 1.82) is 0 Å². The van der Waals surface area contributed by atoms with Gasteiger partial charge in [0, 0.05) is 87.6 Å². The maximum Gasteiger partial charge on any atom is 0.233 e. The van der Waals surface area contributed by atoms with Crippen LogP contribution in [0.2, 0.25) is 5.02 Å². The van der Waals surface area contributed by atoms with E-state index >= 15 is 0 Å². The third kappa shape index (κ3) is 25.8. The van der Waals surface area contributed by atoms with Crippen LogP contribution in [0.5, 0.6) is 11.5 Å². The summed E-state index contributed by atoms with van der Waals surface area (Å²) in [5, 5.41) is 39.3. The van der Waals surface area contributed by atoms with Crippen LogP contribution in [0.3, 0.4) is 0 Å². The van der Waals surface area contributed by atoms with Crippen LogP contribution in [0.1, 0.15) is 33.4 Å². The molecule has 0 bridgehead atoms. The summed E-state index contributed by atoms with van der Waals surface area (Å²) >= 11 is 6.28. The Bertz CT molecular complexity index is 5580. The number of ether oxygens (including phenoxy) is 2. The summed E-state index contributed by atoms with van der Waals surface area (Å²) in [5.74, 6) is 6.44. The van der Waals surface area contributed by atoms with E-state index in [2.05, 4.69) is 134 Å². The van der Waals surface area contributed by atoms with E-state index in [0.29, 0.717) is 82.1 Å². The highest BCUT2D eigenvalue weighted by Crippen LogP contribution is 2.31. The second kappa shape index (κ2) is 40.7. The standard InChI is InChI=1S/C23H21ClN6.C23H22N6O2.2C22H21N7/c1-15-7-5-9-17(13-15)25-21-28-22(26-18-10-6-8-16(2)14-18)30-23(29-21)27-20-12-4-3-11-19(20)24;1-30-19-12-6-10-17(14-19)25-22-27-21(24-16-8-4-3-5-9-16)28-23(29-22)26-18-11-7-13-20(15-18)31-2;1-15-6-3-8-17(12-15)24-20-27-21(25-18-9-4-7-16(2)13-18)29-22(28-20)26-19-10-5-11-23-14-19;1-15-5-3-7-18(13-15)25-21-27-20(24-17-9-11-23-12-10-17)28-22(29-21)26-19-8-4-6-16(2)14-19/h3-14H,1-2H3,(H3,25,26,27,28,29,30);3-15H,1-2H3,(H3,24,25,26,27,28,29);3-14H,1-2H3,(H3,24,25,26,27,28,29);3-14H,1-2H3,(H3,23,24,25,26,27,28,29). The van der Waals surface area contributed by atoms with Crippen molar-refractivity contribution in [3.63, 3.8) is 0 Å². The normalized spacial score (nSPS) is 10.4. The van der Waals surface area contributed by atoms with Crippen LogP contribution >= 0.6 is 11.6 Å². The molecule has 0 aliphatic heterocycles. The van der Waals surface area contributed by atoms with Gasteiger partial charge in [0.1, 0.15) is 11.5 Å². The fourth-order valence-electron chi connectivity index (χ4n) is 11.4. The molecule has 0 aliphatic rings. The van der Waals surface area contributed by atoms with Crippen LogP contribution in [-0.4, -0.2) is 84.0 Å². The second-order valence-electron chi connectivity index (χ2n) is 26.7. The molecule has 0 spiro atoms. The number of hydrogen-bond donors (Lipinski definition) is 12. The molecule has 0 saturated carbocycles. The van der Waals surface area contributed by atoms with E-state index in [-0.39, 0.29) is 0 Å². The average molecular weight is 1600 g/mol. The summed E-state index contributed by atoms with van der Waals surface area (Å²) in [6.07, 6.45) is 6.85. The molecule has 16 rings (SSSR count). The summed E-state index contributed by atoms with van der Waals surface area (Å²) in [6.45, 7) is 12.2. The topological polar surface area (TPSA) is 343 Å². The van der Waals surface area contributed by atoms with Crippen molar-refractivity contribution >= 4 is 151 Å². The molecule has 0 atom stereocenters. The maximum atomic E-state index is 6.28. The van der Waals surface area contributed by atoms with Crippen molar-refractivity contribution in [1.82, 2.24) is 69.8 Å². The largest absolute Gasteiger partial charge is 0.497 e. The number of hydrogen-bond acceptors (Lipinski definition) is 28. The van der Waals surface area contributed by atoms with Gasteiger partial charge in [-0.3, -0.25) is 9.97 Å². The third-order valence-corrected chi connectivity index (χ3v) is 17.2. The van der Waals surface area contributed by atoms with E-state index in [1.165, 1.54) is 0 Å². The van der Waals surface area contributed by atoms with Gasteiger partial charge in [-0.15, -0.1) is 0 Å². The van der Waals surface area contributed by atoms with Crippen LogP contribution in [0.15, 0.2) is 298 Å². The lowest BCUT2D eigenvalue weighted by atomic mass is 10.2. The molecule has 0 radical (unpaired) electrons. The fourth-order valence-corrected chi connectivity index (χ4v) is 11.6. The summed E-state index contributed by atoms with van der Waals surface area (Å²) < 4.78 is 10.6. The molecule has 0 fully saturated rings. The molecule has 6 heterocycles. The van der Waals surface area contributed by atoms with Crippen molar-refractivity contribution in [3.8, 4) is 11.5 Å². The molecule has 0 amide bonds. The minimum absolute atomic E-state index is 0.378. The Morgan fingerprint density at radius 3 is 0.739 bits per heavy atom. The van der Waals surface area contributed by atoms with Crippen LogP contribution in [0.25, 0.3) is 0 Å². The lowest BCUT2D eigenvalue weighted by molar-refractivity contribution is 0.415. The number of aryl methyl sites for hydroxylation is 6. The van der Waals surface area contributed by atoms with Gasteiger partial charge >= 0.3 is 0 Å². The average Bonchev–Trinajstić information content (AvgIpc) is 0.844. The van der Waals surface area contributed by atoms with Gasteiger partial charge in [-0.05, 0) is 221 Å². The van der Waals surface area contributed by atoms with Crippen LogP contribution in [0, 0.1) is 41.5 Å². The molecule has 0 saturated heterocycles. The first-order chi connectivity index (χ1) is 58.0. The first-order valence-electron chi connectivity index (χ1n) is 37.6. The minimum atomic E-state index is 0.378. The Hall–Kier alpha value is -16.0. The van der Waals surface area contributed by atoms with Gasteiger partial charge in [0.25, 0.3) is 0 Å². The summed E-state index contributed by atoms with van der Waals surface area (Å²) in [5.41, 5.74) is 17.1. The molecule has 0 unspecified atom stereocenters. The van der Waals surface area contributed by atoms with Crippen LogP contribution in [-0.2, 0) is 0 Å². The molecule has 10 aromatic carbocycles. The van der Waals surface area contributed by atoms with Gasteiger partial charge in [-0.1, -0.05) is 127 Å². The first kappa shape index (κ1) is 81.1. The van der Waals surface area contributed by atoms with Crippen molar-refractivity contribution < 1.29 is 9.47 Å². The number of para-hydroxylation sites is 2. The number of pyridine rings is 2. The summed E-state index contributed by atoms with van der Waals surface area (Å²) in [6, 6.07) is 87.8. The number of halogens is 1. The number of aromatic nitrogens is 14. The Morgan fingerprint density at radius 1 is 0.210 bits per heavy atom. The zero-order chi connectivity index (χ0) is 82.5. The number of nitrogens with one attached hydrogen (secondary N) is 12. The molecule has 0 aliphatic carbocycles. The summed E-state index contributed by atoms with van der Waals surface area (Å²) in [7, 11) is 3.25. The zero-order valence-electron chi connectivity index (χ0n) is 66.2. The Labute approximate surface area is 693 Å². The van der Waals surface area contributed by atoms with E-state index in [0.717, 1.165) is 107 Å². The molecule has 29 heteroatoms. The molecule has 594 valence electrons. The van der Waals surface area contributed by atoms with E-state index in [1.54, 1.807) is 39.0 Å². The quantitative estimate of drug-likeness (QED) is 0.0240. The van der Waals surface area contributed by atoms with Gasteiger partial charge in [-0.25, -0.2) is 0 Å². The van der Waals surface area contributed by atoms with Gasteiger partial charge in [0.15, 0.2) is 0 Å².